The second-order valence-electron chi connectivity index (χ2n) is 4.11. The molecule has 3 rings (SSSR count). The predicted octanol–water partition coefficient (Wildman–Crippen LogP) is 3.51. The molecule has 7 heteroatoms. The SMILES string of the molecule is O=C(Nc1nnc(-c2cccc(Cl)c2)s1)c1ccncc1. The molecule has 3 aromatic rings. The Morgan fingerprint density at radius 2 is 1.95 bits per heavy atom. The van der Waals surface area contributed by atoms with E-state index in [0.29, 0.717) is 20.7 Å². The normalized spacial score (nSPS) is 10.3. The molecule has 5 nitrogen and oxygen atoms in total. The van der Waals surface area contributed by atoms with Gasteiger partial charge in [-0.15, -0.1) is 10.2 Å². The number of anilines is 1. The molecule has 1 aromatic carbocycles. The molecule has 2 aromatic heterocycles. The summed E-state index contributed by atoms with van der Waals surface area (Å²) >= 11 is 7.24. The van der Waals surface area contributed by atoms with Crippen LogP contribution in [-0.4, -0.2) is 21.1 Å². The van der Waals surface area contributed by atoms with Crippen LogP contribution in [-0.2, 0) is 0 Å². The Balaban J connectivity index is 1.78. The Morgan fingerprint density at radius 3 is 2.71 bits per heavy atom. The van der Waals surface area contributed by atoms with Crippen molar-refractivity contribution in [3.05, 3.63) is 59.4 Å². The fraction of sp³-hybridized carbons (Fsp3) is 0. The number of carbonyl (C=O) groups is 1. The molecule has 0 spiro atoms. The molecule has 0 unspecified atom stereocenters. The van der Waals surface area contributed by atoms with Crippen LogP contribution in [0.4, 0.5) is 5.13 Å². The fourth-order valence-electron chi connectivity index (χ4n) is 1.68. The largest absolute Gasteiger partial charge is 0.296 e. The second-order valence-corrected chi connectivity index (χ2v) is 5.53. The second kappa shape index (κ2) is 5.99. The monoisotopic (exact) mass is 316 g/mol. The summed E-state index contributed by atoms with van der Waals surface area (Å²) in [6.45, 7) is 0. The Kier molecular flexibility index (Phi) is 3.89. The van der Waals surface area contributed by atoms with Crippen LogP contribution in [0, 0.1) is 0 Å². The summed E-state index contributed by atoms with van der Waals surface area (Å²) in [6, 6.07) is 10.6. The third-order valence-electron chi connectivity index (χ3n) is 2.66. The summed E-state index contributed by atoms with van der Waals surface area (Å²) in [7, 11) is 0. The van der Waals surface area contributed by atoms with Gasteiger partial charge in [-0.2, -0.15) is 0 Å². The van der Waals surface area contributed by atoms with E-state index in [9.17, 15) is 4.79 Å². The van der Waals surface area contributed by atoms with Gasteiger partial charge in [-0.3, -0.25) is 15.1 Å². The van der Waals surface area contributed by atoms with Crippen LogP contribution in [0.3, 0.4) is 0 Å². The Hall–Kier alpha value is -2.31. The van der Waals surface area contributed by atoms with Crippen molar-refractivity contribution in [1.82, 2.24) is 15.2 Å². The predicted molar refractivity (Wildman–Crippen MR) is 82.5 cm³/mol. The number of rotatable bonds is 3. The van der Waals surface area contributed by atoms with E-state index in [2.05, 4.69) is 20.5 Å². The molecule has 1 N–H and O–H groups in total. The first-order valence-corrected chi connectivity index (χ1v) is 7.22. The fourth-order valence-corrected chi connectivity index (χ4v) is 2.61. The lowest BCUT2D eigenvalue weighted by atomic mass is 10.2. The molecular weight excluding hydrogens is 308 g/mol. The minimum atomic E-state index is -0.244. The molecule has 0 atom stereocenters. The van der Waals surface area contributed by atoms with Gasteiger partial charge in [-0.25, -0.2) is 0 Å². The number of halogens is 1. The van der Waals surface area contributed by atoms with Gasteiger partial charge in [-0.05, 0) is 24.3 Å². The quantitative estimate of drug-likeness (QED) is 0.803. The van der Waals surface area contributed by atoms with Gasteiger partial charge in [0.2, 0.25) is 5.13 Å². The van der Waals surface area contributed by atoms with Crippen LogP contribution >= 0.6 is 22.9 Å². The molecule has 0 bridgehead atoms. The molecule has 0 aliphatic heterocycles. The van der Waals surface area contributed by atoms with Crippen molar-refractivity contribution in [2.75, 3.05) is 5.32 Å². The third-order valence-corrected chi connectivity index (χ3v) is 3.78. The summed E-state index contributed by atoms with van der Waals surface area (Å²) < 4.78 is 0. The van der Waals surface area contributed by atoms with Crippen LogP contribution in [0.1, 0.15) is 10.4 Å². The molecule has 0 saturated carbocycles. The lowest BCUT2D eigenvalue weighted by molar-refractivity contribution is 0.102. The molecule has 0 saturated heterocycles. The maximum atomic E-state index is 12.0. The highest BCUT2D eigenvalue weighted by Crippen LogP contribution is 2.28. The highest BCUT2D eigenvalue weighted by molar-refractivity contribution is 7.18. The standard InChI is InChI=1S/C14H9ClN4OS/c15-11-3-1-2-10(8-11)13-18-19-14(21-13)17-12(20)9-4-6-16-7-5-9/h1-8H,(H,17,19,20). The number of hydrogen-bond acceptors (Lipinski definition) is 5. The first kappa shape index (κ1) is 13.7. The van der Waals surface area contributed by atoms with E-state index >= 15 is 0 Å². The highest BCUT2D eigenvalue weighted by Gasteiger charge is 2.11. The van der Waals surface area contributed by atoms with E-state index in [1.165, 1.54) is 11.3 Å². The van der Waals surface area contributed by atoms with Gasteiger partial charge < -0.3 is 0 Å². The molecule has 104 valence electrons. The molecule has 0 fully saturated rings. The number of pyridine rings is 1. The minimum Gasteiger partial charge on any atom is -0.296 e. The van der Waals surface area contributed by atoms with E-state index < -0.39 is 0 Å². The Bertz CT molecular complexity index is 775. The zero-order valence-corrected chi connectivity index (χ0v) is 12.2. The van der Waals surface area contributed by atoms with Crippen molar-refractivity contribution < 1.29 is 4.79 Å². The van der Waals surface area contributed by atoms with Crippen LogP contribution in [0.5, 0.6) is 0 Å². The molecule has 0 radical (unpaired) electrons. The van der Waals surface area contributed by atoms with E-state index in [4.69, 9.17) is 11.6 Å². The number of aromatic nitrogens is 3. The average Bonchev–Trinajstić information content (AvgIpc) is 2.97. The van der Waals surface area contributed by atoms with Crippen molar-refractivity contribution in [3.63, 3.8) is 0 Å². The molecule has 2 heterocycles. The average molecular weight is 317 g/mol. The van der Waals surface area contributed by atoms with Gasteiger partial charge in [0, 0.05) is 28.5 Å². The van der Waals surface area contributed by atoms with Crippen LogP contribution < -0.4 is 5.32 Å². The van der Waals surface area contributed by atoms with Gasteiger partial charge >= 0.3 is 0 Å². The van der Waals surface area contributed by atoms with Gasteiger partial charge in [0.1, 0.15) is 5.01 Å². The van der Waals surface area contributed by atoms with Crippen LogP contribution in [0.25, 0.3) is 10.6 Å². The van der Waals surface area contributed by atoms with Crippen molar-refractivity contribution in [2.24, 2.45) is 0 Å². The minimum absolute atomic E-state index is 0.244. The Labute approximate surface area is 129 Å². The summed E-state index contributed by atoms with van der Waals surface area (Å²) in [4.78, 5) is 15.9. The van der Waals surface area contributed by atoms with Crippen molar-refractivity contribution in [2.45, 2.75) is 0 Å². The van der Waals surface area contributed by atoms with Gasteiger partial charge in [0.25, 0.3) is 5.91 Å². The number of amides is 1. The lowest BCUT2D eigenvalue weighted by Gasteiger charge is -1.99. The summed E-state index contributed by atoms with van der Waals surface area (Å²) in [5.41, 5.74) is 1.38. The number of benzene rings is 1. The molecule has 0 aliphatic rings. The van der Waals surface area contributed by atoms with E-state index in [-0.39, 0.29) is 5.91 Å². The summed E-state index contributed by atoms with van der Waals surface area (Å²) in [5, 5.41) is 12.5. The molecule has 0 aliphatic carbocycles. The van der Waals surface area contributed by atoms with Crippen LogP contribution in [0.15, 0.2) is 48.8 Å². The Morgan fingerprint density at radius 1 is 1.14 bits per heavy atom. The molecule has 1 amide bonds. The maximum absolute atomic E-state index is 12.0. The lowest BCUT2D eigenvalue weighted by Crippen LogP contribution is -2.11. The summed E-state index contributed by atoms with van der Waals surface area (Å²) in [5.74, 6) is -0.244. The number of carbonyl (C=O) groups excluding carboxylic acids is 1. The van der Waals surface area contributed by atoms with Gasteiger partial charge in [-0.1, -0.05) is 35.1 Å². The van der Waals surface area contributed by atoms with Crippen molar-refractivity contribution in [3.8, 4) is 10.6 Å². The smallest absolute Gasteiger partial charge is 0.257 e. The number of nitrogens with zero attached hydrogens (tertiary/aromatic N) is 3. The third kappa shape index (κ3) is 3.24. The van der Waals surface area contributed by atoms with E-state index in [0.717, 1.165) is 5.56 Å². The number of nitrogens with one attached hydrogen (secondary N) is 1. The van der Waals surface area contributed by atoms with Gasteiger partial charge in [0.15, 0.2) is 0 Å². The molecular formula is C14H9ClN4OS. The van der Waals surface area contributed by atoms with E-state index in [1.807, 2.05) is 12.1 Å². The highest BCUT2D eigenvalue weighted by atomic mass is 35.5. The first-order valence-electron chi connectivity index (χ1n) is 6.03. The van der Waals surface area contributed by atoms with Crippen LogP contribution in [0.2, 0.25) is 5.02 Å². The number of hydrogen-bond donors (Lipinski definition) is 1. The first-order chi connectivity index (χ1) is 10.2. The summed E-state index contributed by atoms with van der Waals surface area (Å²) in [6.07, 6.45) is 3.12. The zero-order valence-electron chi connectivity index (χ0n) is 10.7. The van der Waals surface area contributed by atoms with E-state index in [1.54, 1.807) is 36.7 Å². The topological polar surface area (TPSA) is 67.8 Å². The molecule has 21 heavy (non-hydrogen) atoms. The van der Waals surface area contributed by atoms with Crippen molar-refractivity contribution in [1.29, 1.82) is 0 Å². The van der Waals surface area contributed by atoms with Gasteiger partial charge in [0.05, 0.1) is 0 Å². The maximum Gasteiger partial charge on any atom is 0.257 e. The zero-order chi connectivity index (χ0) is 14.7. The van der Waals surface area contributed by atoms with Crippen molar-refractivity contribution >= 4 is 34.0 Å².